The van der Waals surface area contributed by atoms with Crippen molar-refractivity contribution in [2.45, 2.75) is 46.6 Å². The molecule has 122 valence electrons. The summed E-state index contributed by atoms with van der Waals surface area (Å²) in [5.41, 5.74) is 9.60. The molecule has 0 spiro atoms. The summed E-state index contributed by atoms with van der Waals surface area (Å²) in [6.45, 7) is 11.9. The lowest BCUT2D eigenvalue weighted by atomic mass is 10.1. The van der Waals surface area contributed by atoms with Crippen molar-refractivity contribution < 1.29 is 0 Å². The molecule has 1 aromatic carbocycles. The molecule has 22 heavy (non-hydrogen) atoms. The summed E-state index contributed by atoms with van der Waals surface area (Å²) in [4.78, 5) is 7.11. The number of aliphatic imine (C=N–C) groups is 1. The standard InChI is InChI=1S/C18H30N4/c1-13(2)12-22-9-5-6-17(22)11-20-18(19)21-16-8-7-14(3)15(4)10-16/h7-8,10,13,17H,5-6,9,11-12H2,1-4H3,(H3,19,20,21)/t17-/m1/s1. The number of guanidine groups is 1. The third kappa shape index (κ3) is 4.73. The van der Waals surface area contributed by atoms with Gasteiger partial charge in [-0.3, -0.25) is 9.89 Å². The van der Waals surface area contributed by atoms with Crippen molar-refractivity contribution in [1.29, 1.82) is 0 Å². The number of nitrogens with one attached hydrogen (secondary N) is 1. The molecule has 1 aliphatic heterocycles. The summed E-state index contributed by atoms with van der Waals surface area (Å²) in [6.07, 6.45) is 2.50. The lowest BCUT2D eigenvalue weighted by Gasteiger charge is -2.25. The summed E-state index contributed by atoms with van der Waals surface area (Å²) < 4.78 is 0. The SMILES string of the molecule is Cc1ccc(NC(N)=NC[C@H]2CCCN2CC(C)C)cc1C. The highest BCUT2D eigenvalue weighted by Gasteiger charge is 2.24. The summed E-state index contributed by atoms with van der Waals surface area (Å²) in [6, 6.07) is 6.80. The summed E-state index contributed by atoms with van der Waals surface area (Å²) >= 11 is 0. The fourth-order valence-electron chi connectivity index (χ4n) is 3.02. The molecule has 1 saturated heterocycles. The average Bonchev–Trinajstić information content (AvgIpc) is 2.87. The first-order valence-electron chi connectivity index (χ1n) is 8.34. The maximum absolute atomic E-state index is 6.04. The van der Waals surface area contributed by atoms with E-state index in [2.05, 4.69) is 55.0 Å². The smallest absolute Gasteiger partial charge is 0.193 e. The highest BCUT2D eigenvalue weighted by Crippen LogP contribution is 2.19. The number of nitrogens with zero attached hydrogens (tertiary/aromatic N) is 2. The topological polar surface area (TPSA) is 53.6 Å². The normalized spacial score (nSPS) is 19.9. The van der Waals surface area contributed by atoms with Crippen LogP contribution in [0.4, 0.5) is 5.69 Å². The highest BCUT2D eigenvalue weighted by molar-refractivity contribution is 5.92. The van der Waals surface area contributed by atoms with Gasteiger partial charge in [-0.25, -0.2) is 0 Å². The number of nitrogens with two attached hydrogens (primary N) is 1. The van der Waals surface area contributed by atoms with Crippen LogP contribution in [0.25, 0.3) is 0 Å². The maximum atomic E-state index is 6.04. The largest absolute Gasteiger partial charge is 0.370 e. The minimum atomic E-state index is 0.514. The van der Waals surface area contributed by atoms with Crippen molar-refractivity contribution >= 4 is 11.6 Å². The van der Waals surface area contributed by atoms with Crippen LogP contribution in [0.2, 0.25) is 0 Å². The third-order valence-electron chi connectivity index (χ3n) is 4.35. The zero-order valence-corrected chi connectivity index (χ0v) is 14.4. The Morgan fingerprint density at radius 2 is 2.14 bits per heavy atom. The van der Waals surface area contributed by atoms with Gasteiger partial charge in [0.25, 0.3) is 0 Å². The summed E-state index contributed by atoms with van der Waals surface area (Å²) in [7, 11) is 0. The van der Waals surface area contributed by atoms with Crippen LogP contribution in [0.5, 0.6) is 0 Å². The second kappa shape index (κ2) is 7.63. The number of rotatable bonds is 5. The minimum absolute atomic E-state index is 0.514. The lowest BCUT2D eigenvalue weighted by Crippen LogP contribution is -2.35. The minimum Gasteiger partial charge on any atom is -0.370 e. The monoisotopic (exact) mass is 302 g/mol. The van der Waals surface area contributed by atoms with Gasteiger partial charge in [0, 0.05) is 18.3 Å². The molecule has 0 saturated carbocycles. The quantitative estimate of drug-likeness (QED) is 0.649. The second-order valence-corrected chi connectivity index (χ2v) is 6.83. The van der Waals surface area contributed by atoms with Crippen LogP contribution >= 0.6 is 0 Å². The molecule has 1 fully saturated rings. The Bertz CT molecular complexity index is 522. The molecule has 1 aromatic rings. The average molecular weight is 302 g/mol. The van der Waals surface area contributed by atoms with Crippen LogP contribution < -0.4 is 11.1 Å². The zero-order valence-electron chi connectivity index (χ0n) is 14.4. The molecular formula is C18H30N4. The number of aryl methyl sites for hydroxylation is 2. The summed E-state index contributed by atoms with van der Waals surface area (Å²) in [5.74, 6) is 1.22. The van der Waals surface area contributed by atoms with Gasteiger partial charge in [0.2, 0.25) is 0 Å². The Morgan fingerprint density at radius 1 is 1.36 bits per heavy atom. The fraction of sp³-hybridized carbons (Fsp3) is 0.611. The Hall–Kier alpha value is -1.55. The van der Waals surface area contributed by atoms with E-state index in [4.69, 9.17) is 5.73 Å². The molecule has 0 amide bonds. The van der Waals surface area contributed by atoms with Crippen molar-refractivity contribution in [2.24, 2.45) is 16.6 Å². The Kier molecular flexibility index (Phi) is 5.83. The number of anilines is 1. The number of likely N-dealkylation sites (tertiary alicyclic amines) is 1. The summed E-state index contributed by atoms with van der Waals surface area (Å²) in [5, 5.41) is 3.20. The van der Waals surface area contributed by atoms with Crippen LogP contribution in [0, 0.1) is 19.8 Å². The van der Waals surface area contributed by atoms with Crippen molar-refractivity contribution in [2.75, 3.05) is 25.0 Å². The van der Waals surface area contributed by atoms with Gasteiger partial charge in [0.1, 0.15) is 0 Å². The van der Waals surface area contributed by atoms with E-state index >= 15 is 0 Å². The van der Waals surface area contributed by atoms with Crippen LogP contribution in [0.1, 0.15) is 37.8 Å². The highest BCUT2D eigenvalue weighted by atomic mass is 15.2. The Balaban J connectivity index is 1.90. The van der Waals surface area contributed by atoms with Crippen LogP contribution in [0.3, 0.4) is 0 Å². The van der Waals surface area contributed by atoms with E-state index in [0.717, 1.165) is 18.8 Å². The van der Waals surface area contributed by atoms with E-state index in [0.29, 0.717) is 17.9 Å². The van der Waals surface area contributed by atoms with Crippen molar-refractivity contribution in [1.82, 2.24) is 4.90 Å². The van der Waals surface area contributed by atoms with Crippen LogP contribution in [0.15, 0.2) is 23.2 Å². The molecule has 0 unspecified atom stereocenters. The van der Waals surface area contributed by atoms with Crippen molar-refractivity contribution in [3.8, 4) is 0 Å². The van der Waals surface area contributed by atoms with Gasteiger partial charge in [-0.05, 0) is 62.4 Å². The molecule has 2 rings (SSSR count). The second-order valence-electron chi connectivity index (χ2n) is 6.83. The van der Waals surface area contributed by atoms with E-state index in [-0.39, 0.29) is 0 Å². The molecule has 3 N–H and O–H groups in total. The molecular weight excluding hydrogens is 272 g/mol. The fourth-order valence-corrected chi connectivity index (χ4v) is 3.02. The Morgan fingerprint density at radius 3 is 2.82 bits per heavy atom. The predicted molar refractivity (Wildman–Crippen MR) is 95.5 cm³/mol. The van der Waals surface area contributed by atoms with Crippen molar-refractivity contribution in [3.63, 3.8) is 0 Å². The molecule has 0 bridgehead atoms. The van der Waals surface area contributed by atoms with Gasteiger partial charge >= 0.3 is 0 Å². The number of benzene rings is 1. The van der Waals surface area contributed by atoms with Crippen LogP contribution in [-0.2, 0) is 0 Å². The first-order valence-corrected chi connectivity index (χ1v) is 8.34. The molecule has 1 aliphatic rings. The maximum Gasteiger partial charge on any atom is 0.193 e. The zero-order chi connectivity index (χ0) is 16.1. The van der Waals surface area contributed by atoms with E-state index in [9.17, 15) is 0 Å². The van der Waals surface area contributed by atoms with E-state index < -0.39 is 0 Å². The van der Waals surface area contributed by atoms with Crippen molar-refractivity contribution in [3.05, 3.63) is 29.3 Å². The Labute approximate surface area is 134 Å². The van der Waals surface area contributed by atoms with Gasteiger partial charge in [-0.15, -0.1) is 0 Å². The number of hydrogen-bond donors (Lipinski definition) is 2. The van der Waals surface area contributed by atoms with Gasteiger partial charge < -0.3 is 11.1 Å². The van der Waals surface area contributed by atoms with E-state index in [1.807, 2.05) is 6.07 Å². The molecule has 0 radical (unpaired) electrons. The van der Waals surface area contributed by atoms with E-state index in [1.54, 1.807) is 0 Å². The molecule has 4 nitrogen and oxygen atoms in total. The van der Waals surface area contributed by atoms with Gasteiger partial charge in [-0.2, -0.15) is 0 Å². The van der Waals surface area contributed by atoms with Gasteiger partial charge in [0.15, 0.2) is 5.96 Å². The molecule has 4 heteroatoms. The molecule has 0 aliphatic carbocycles. The van der Waals surface area contributed by atoms with Crippen LogP contribution in [-0.4, -0.2) is 36.5 Å². The van der Waals surface area contributed by atoms with E-state index in [1.165, 1.54) is 30.5 Å². The lowest BCUT2D eigenvalue weighted by molar-refractivity contribution is 0.231. The molecule has 0 aromatic heterocycles. The molecule has 1 atom stereocenters. The predicted octanol–water partition coefficient (Wildman–Crippen LogP) is 3.15. The first kappa shape index (κ1) is 16.8. The van der Waals surface area contributed by atoms with Gasteiger partial charge in [0.05, 0.1) is 6.54 Å². The third-order valence-corrected chi connectivity index (χ3v) is 4.35. The molecule has 1 heterocycles. The first-order chi connectivity index (χ1) is 10.5. The number of hydrogen-bond acceptors (Lipinski definition) is 2. The van der Waals surface area contributed by atoms with Gasteiger partial charge in [-0.1, -0.05) is 19.9 Å².